The number of amides is 2. The largest absolute Gasteiger partial charge is 0.370 e. The number of benzene rings is 1. The van der Waals surface area contributed by atoms with Crippen LogP contribution >= 0.6 is 11.3 Å². The number of carbonyl (C=O) groups excluding carboxylic acids is 3. The minimum atomic E-state index is -1.01. The van der Waals surface area contributed by atoms with Crippen LogP contribution in [-0.2, 0) is 14.4 Å². The fourth-order valence-corrected chi connectivity index (χ4v) is 4.74. The normalized spacial score (nSPS) is 18.3. The highest BCUT2D eigenvalue weighted by molar-refractivity contribution is 7.20. The number of thiazole rings is 1. The van der Waals surface area contributed by atoms with Crippen molar-refractivity contribution in [3.8, 4) is 0 Å². The van der Waals surface area contributed by atoms with Crippen molar-refractivity contribution in [1.82, 2.24) is 20.5 Å². The number of nitrogens with zero attached hydrogens (tertiary/aromatic N) is 3. The molecular weight excluding hydrogens is 466 g/mol. The molecule has 0 saturated carbocycles. The summed E-state index contributed by atoms with van der Waals surface area (Å²) in [6.07, 6.45) is -0.370. The first-order valence-electron chi connectivity index (χ1n) is 10.5. The summed E-state index contributed by atoms with van der Waals surface area (Å²) < 4.78 is 0.826. The van der Waals surface area contributed by atoms with Gasteiger partial charge in [-0.25, -0.2) is 4.98 Å². The van der Waals surface area contributed by atoms with E-state index < -0.39 is 35.1 Å². The van der Waals surface area contributed by atoms with E-state index in [0.29, 0.717) is 18.5 Å². The molecule has 2 heterocycles. The Morgan fingerprint density at radius 2 is 2.15 bits per heavy atom. The monoisotopic (exact) mass is 491 g/mol. The molecule has 3 rings (SSSR count). The first-order valence-corrected chi connectivity index (χ1v) is 11.3. The zero-order valence-electron chi connectivity index (χ0n) is 18.4. The maximum absolute atomic E-state index is 13.3. The number of carbonyl (C=O) groups is 3. The number of Topliss-reactive ketones (excluding diaryl/α,β-unsaturated/α-hetero) is 1. The summed E-state index contributed by atoms with van der Waals surface area (Å²) in [6.45, 7) is 1.47. The Hall–Kier alpha value is -3.81. The molecule has 0 bridgehead atoms. The van der Waals surface area contributed by atoms with Gasteiger partial charge in [-0.2, -0.15) is 0 Å². The van der Waals surface area contributed by atoms with Crippen LogP contribution in [-0.4, -0.2) is 69.8 Å². The lowest BCUT2D eigenvalue weighted by Gasteiger charge is -2.25. The number of hydrogen-bond acceptors (Lipinski definition) is 9. The third-order valence-electron chi connectivity index (χ3n) is 5.33. The van der Waals surface area contributed by atoms with Crippen molar-refractivity contribution in [2.75, 3.05) is 13.1 Å². The molecule has 1 fully saturated rings. The van der Waals surface area contributed by atoms with Crippen molar-refractivity contribution in [3.63, 3.8) is 0 Å². The maximum Gasteiger partial charge on any atom is 0.294 e. The van der Waals surface area contributed by atoms with Gasteiger partial charge in [-0.3, -0.25) is 19.8 Å². The number of rotatable bonds is 10. The Morgan fingerprint density at radius 3 is 2.79 bits per heavy atom. The van der Waals surface area contributed by atoms with Crippen LogP contribution < -0.4 is 16.4 Å². The Kier molecular flexibility index (Phi) is 7.94. The van der Waals surface area contributed by atoms with Crippen molar-refractivity contribution in [3.05, 3.63) is 39.4 Å². The highest BCUT2D eigenvalue weighted by atomic mass is 32.1. The van der Waals surface area contributed by atoms with Crippen molar-refractivity contribution in [2.45, 2.75) is 44.4 Å². The summed E-state index contributed by atoms with van der Waals surface area (Å²) in [5, 5.41) is 22.6. The van der Waals surface area contributed by atoms with E-state index in [1.54, 1.807) is 6.07 Å². The second-order valence-electron chi connectivity index (χ2n) is 7.77. The van der Waals surface area contributed by atoms with E-state index in [4.69, 9.17) is 11.1 Å². The molecule has 0 aliphatic carbocycles. The predicted octanol–water partition coefficient (Wildman–Crippen LogP) is 0.425. The molecule has 2 aromatic rings. The molecule has 14 heteroatoms. The van der Waals surface area contributed by atoms with Crippen molar-refractivity contribution in [2.24, 2.45) is 5.73 Å². The minimum Gasteiger partial charge on any atom is -0.370 e. The number of hydrogen-bond donors (Lipinski definition) is 4. The molecule has 0 radical (unpaired) electrons. The maximum atomic E-state index is 13.3. The van der Waals surface area contributed by atoms with Crippen molar-refractivity contribution >= 4 is 45.1 Å². The zero-order valence-corrected chi connectivity index (χ0v) is 19.2. The molecule has 2 amide bonds. The average Bonchev–Trinajstić information content (AvgIpc) is 3.39. The van der Waals surface area contributed by atoms with Gasteiger partial charge in [0.15, 0.2) is 11.0 Å². The Morgan fingerprint density at radius 1 is 1.41 bits per heavy atom. The molecule has 13 nitrogen and oxygen atoms in total. The molecule has 182 valence electrons. The molecule has 1 aliphatic heterocycles. The predicted molar refractivity (Wildman–Crippen MR) is 123 cm³/mol. The van der Waals surface area contributed by atoms with E-state index in [1.165, 1.54) is 23.2 Å². The summed E-state index contributed by atoms with van der Waals surface area (Å²) >= 11 is 1.21. The highest BCUT2D eigenvalue weighted by Crippen LogP contribution is 2.24. The van der Waals surface area contributed by atoms with E-state index in [-0.39, 0.29) is 36.1 Å². The summed E-state index contributed by atoms with van der Waals surface area (Å²) in [5.74, 6) is -1.64. The Labute approximate surface area is 198 Å². The second-order valence-corrected chi connectivity index (χ2v) is 8.80. The molecule has 34 heavy (non-hydrogen) atoms. The molecule has 3 atom stereocenters. The van der Waals surface area contributed by atoms with Crippen LogP contribution in [0.15, 0.2) is 24.3 Å². The smallest absolute Gasteiger partial charge is 0.294 e. The molecule has 1 aromatic heterocycles. The first-order chi connectivity index (χ1) is 16.2. The third-order valence-corrected chi connectivity index (χ3v) is 6.38. The van der Waals surface area contributed by atoms with E-state index >= 15 is 0 Å². The third kappa shape index (κ3) is 6.15. The molecule has 0 spiro atoms. The van der Waals surface area contributed by atoms with Crippen molar-refractivity contribution in [1.29, 1.82) is 5.41 Å². The minimum absolute atomic E-state index is 0.0691. The lowest BCUT2D eigenvalue weighted by molar-refractivity contribution is -0.767. The Bertz CT molecular complexity index is 1070. The van der Waals surface area contributed by atoms with Gasteiger partial charge in [-0.1, -0.05) is 12.1 Å². The van der Waals surface area contributed by atoms with Gasteiger partial charge in [0, 0.05) is 26.4 Å². The van der Waals surface area contributed by atoms with Crippen LogP contribution in [0, 0.1) is 15.5 Å². The van der Waals surface area contributed by atoms with E-state index in [0.717, 1.165) is 4.70 Å². The molecule has 1 saturated heterocycles. The molecule has 1 aromatic carbocycles. The highest BCUT2D eigenvalue weighted by Gasteiger charge is 2.41. The zero-order chi connectivity index (χ0) is 24.8. The van der Waals surface area contributed by atoms with Gasteiger partial charge in [0.25, 0.3) is 5.09 Å². The summed E-state index contributed by atoms with van der Waals surface area (Å²) in [4.78, 5) is 59.2. The van der Waals surface area contributed by atoms with E-state index in [2.05, 4.69) is 20.5 Å². The standard InChI is InChI=1S/C20H25N7O6S/c1-11(28)26-10-12(33-27(31)32)9-15(26)18(30)24-14(6-4-8-23-20(21)22)17(29)19-25-13-5-2-3-7-16(13)34-19/h2-3,5,7,12,14-15H,4,6,8-10H2,1H3,(H,24,30)(H4,21,22,23)/t12-,14+,15+/m1/s1. The topological polar surface area (TPSA) is 194 Å². The molecule has 0 unspecified atom stereocenters. The number of fused-ring (bicyclic) bond motifs is 1. The van der Waals surface area contributed by atoms with Gasteiger partial charge < -0.3 is 26.1 Å². The first kappa shape index (κ1) is 24.8. The lowest BCUT2D eigenvalue weighted by atomic mass is 10.1. The van der Waals surface area contributed by atoms with E-state index in [1.807, 2.05) is 18.2 Å². The average molecular weight is 492 g/mol. The number of para-hydroxylation sites is 1. The van der Waals surface area contributed by atoms with Crippen LogP contribution in [0.2, 0.25) is 0 Å². The second kappa shape index (κ2) is 10.9. The number of guanidine groups is 1. The summed E-state index contributed by atoms with van der Waals surface area (Å²) in [6, 6.07) is 5.30. The number of aromatic nitrogens is 1. The van der Waals surface area contributed by atoms with Gasteiger partial charge >= 0.3 is 0 Å². The van der Waals surface area contributed by atoms with Crippen LogP contribution in [0.25, 0.3) is 10.2 Å². The van der Waals surface area contributed by atoms with Gasteiger partial charge in [-0.05, 0) is 25.0 Å². The quantitative estimate of drug-likeness (QED) is 0.0910. The fraction of sp³-hybridized carbons (Fsp3) is 0.450. The molecular formula is C20H25N7O6S. The summed E-state index contributed by atoms with van der Waals surface area (Å²) in [5.41, 5.74) is 5.95. The Balaban J connectivity index is 1.77. The van der Waals surface area contributed by atoms with E-state index in [9.17, 15) is 24.5 Å². The molecule has 1 aliphatic rings. The van der Waals surface area contributed by atoms with Gasteiger partial charge in [0.2, 0.25) is 17.6 Å². The van der Waals surface area contributed by atoms with Crippen LogP contribution in [0.3, 0.4) is 0 Å². The van der Waals surface area contributed by atoms with Gasteiger partial charge in [-0.15, -0.1) is 21.5 Å². The van der Waals surface area contributed by atoms with Gasteiger partial charge in [0.1, 0.15) is 12.1 Å². The van der Waals surface area contributed by atoms with Gasteiger partial charge in [0.05, 0.1) is 16.3 Å². The van der Waals surface area contributed by atoms with Crippen molar-refractivity contribution < 1.29 is 24.3 Å². The fourth-order valence-electron chi connectivity index (χ4n) is 3.78. The number of nitrogens with two attached hydrogens (primary N) is 1. The van der Waals surface area contributed by atoms with Crippen LogP contribution in [0.5, 0.6) is 0 Å². The SMILES string of the molecule is CC(=O)N1C[C@H](O[N+](=O)[O-])C[C@H]1C(=O)N[C@@H](CCCNC(=N)N)C(=O)c1nc2ccccc2s1. The van der Waals surface area contributed by atoms with Crippen LogP contribution in [0.4, 0.5) is 0 Å². The number of likely N-dealkylation sites (tertiary alicyclic amines) is 1. The number of ketones is 1. The number of nitrogens with one attached hydrogen (secondary N) is 3. The lowest BCUT2D eigenvalue weighted by Crippen LogP contribution is -2.50. The van der Waals surface area contributed by atoms with Crippen LogP contribution in [0.1, 0.15) is 36.0 Å². The summed E-state index contributed by atoms with van der Waals surface area (Å²) in [7, 11) is 0. The molecule has 5 N–H and O–H groups in total.